The van der Waals surface area contributed by atoms with Crippen molar-refractivity contribution in [2.75, 3.05) is 17.2 Å². The van der Waals surface area contributed by atoms with Crippen molar-refractivity contribution < 1.29 is 4.79 Å². The van der Waals surface area contributed by atoms with Crippen molar-refractivity contribution in [3.63, 3.8) is 0 Å². The fourth-order valence-electron chi connectivity index (χ4n) is 3.28. The molecule has 1 atom stereocenters. The Hall–Kier alpha value is -3.67. The predicted octanol–water partition coefficient (Wildman–Crippen LogP) is 4.80. The van der Waals surface area contributed by atoms with Gasteiger partial charge in [0.1, 0.15) is 24.1 Å². The van der Waals surface area contributed by atoms with E-state index in [2.05, 4.69) is 50.7 Å². The molecular weight excluding hydrogens is 362 g/mol. The normalized spacial score (nSPS) is 11.9. The summed E-state index contributed by atoms with van der Waals surface area (Å²) in [5, 5.41) is 7.67. The number of nitrogens with one attached hydrogen (secondary N) is 3. The minimum Gasteiger partial charge on any atom is -0.385 e. The SMILES string of the molecule is CC(Nc1ncnc2[nH]c(-c3ccc(NCCC=O)cc3)cc12)c1ccccc1. The van der Waals surface area contributed by atoms with Gasteiger partial charge in [0.25, 0.3) is 0 Å². The number of benzene rings is 2. The number of aldehydes is 1. The van der Waals surface area contributed by atoms with Crippen LogP contribution in [0.3, 0.4) is 0 Å². The van der Waals surface area contributed by atoms with Crippen molar-refractivity contribution in [3.05, 3.63) is 72.6 Å². The number of carbonyl (C=O) groups excluding carboxylic acids is 1. The van der Waals surface area contributed by atoms with Crippen LogP contribution < -0.4 is 10.6 Å². The van der Waals surface area contributed by atoms with E-state index in [-0.39, 0.29) is 6.04 Å². The molecule has 2 aromatic carbocycles. The smallest absolute Gasteiger partial charge is 0.143 e. The van der Waals surface area contributed by atoms with Gasteiger partial charge in [0, 0.05) is 30.4 Å². The van der Waals surface area contributed by atoms with E-state index in [0.29, 0.717) is 13.0 Å². The maximum Gasteiger partial charge on any atom is 0.143 e. The summed E-state index contributed by atoms with van der Waals surface area (Å²) in [6.45, 7) is 2.76. The van der Waals surface area contributed by atoms with E-state index in [0.717, 1.165) is 40.1 Å². The Kier molecular flexibility index (Phi) is 5.52. The van der Waals surface area contributed by atoms with Gasteiger partial charge in [-0.2, -0.15) is 0 Å². The van der Waals surface area contributed by atoms with Gasteiger partial charge in [0.05, 0.1) is 5.39 Å². The highest BCUT2D eigenvalue weighted by Crippen LogP contribution is 2.29. The molecule has 0 aliphatic rings. The molecule has 146 valence electrons. The van der Waals surface area contributed by atoms with Gasteiger partial charge in [-0.15, -0.1) is 0 Å². The second-order valence-corrected chi connectivity index (χ2v) is 6.90. The molecular formula is C23H23N5O. The van der Waals surface area contributed by atoms with E-state index in [9.17, 15) is 4.79 Å². The zero-order chi connectivity index (χ0) is 20.1. The van der Waals surface area contributed by atoms with Gasteiger partial charge in [-0.3, -0.25) is 0 Å². The highest BCUT2D eigenvalue weighted by atomic mass is 16.1. The summed E-state index contributed by atoms with van der Waals surface area (Å²) in [4.78, 5) is 22.7. The molecule has 2 aromatic heterocycles. The van der Waals surface area contributed by atoms with Crippen molar-refractivity contribution in [1.82, 2.24) is 15.0 Å². The molecule has 6 heteroatoms. The number of fused-ring (bicyclic) bond motifs is 1. The molecule has 0 aliphatic carbocycles. The first-order chi connectivity index (χ1) is 14.2. The van der Waals surface area contributed by atoms with Crippen LogP contribution in [0.1, 0.15) is 24.9 Å². The van der Waals surface area contributed by atoms with Gasteiger partial charge in [-0.25, -0.2) is 9.97 Å². The van der Waals surface area contributed by atoms with Crippen LogP contribution >= 0.6 is 0 Å². The van der Waals surface area contributed by atoms with Crippen molar-refractivity contribution in [3.8, 4) is 11.3 Å². The topological polar surface area (TPSA) is 82.7 Å². The van der Waals surface area contributed by atoms with Gasteiger partial charge in [0.2, 0.25) is 0 Å². The van der Waals surface area contributed by atoms with Crippen molar-refractivity contribution in [2.45, 2.75) is 19.4 Å². The van der Waals surface area contributed by atoms with Crippen LogP contribution in [0.2, 0.25) is 0 Å². The summed E-state index contributed by atoms with van der Waals surface area (Å²) in [5.74, 6) is 0.806. The highest BCUT2D eigenvalue weighted by Gasteiger charge is 2.12. The van der Waals surface area contributed by atoms with Crippen LogP contribution in [-0.2, 0) is 4.79 Å². The van der Waals surface area contributed by atoms with E-state index in [1.807, 2.05) is 42.5 Å². The fourth-order valence-corrected chi connectivity index (χ4v) is 3.28. The molecule has 29 heavy (non-hydrogen) atoms. The minimum atomic E-state index is 0.129. The number of aromatic amines is 1. The zero-order valence-electron chi connectivity index (χ0n) is 16.2. The van der Waals surface area contributed by atoms with Crippen LogP contribution in [-0.4, -0.2) is 27.8 Å². The highest BCUT2D eigenvalue weighted by molar-refractivity contribution is 5.91. The van der Waals surface area contributed by atoms with Gasteiger partial charge < -0.3 is 20.4 Å². The lowest BCUT2D eigenvalue weighted by molar-refractivity contribution is -0.107. The molecule has 0 spiro atoms. The lowest BCUT2D eigenvalue weighted by Crippen LogP contribution is -2.08. The standard InChI is InChI=1S/C23H23N5O/c1-16(17-6-3-2-4-7-17)27-22-20-14-21(28-23(20)26-15-25-22)18-8-10-19(11-9-18)24-12-5-13-29/h2-4,6-11,13-16,24H,5,12H2,1H3,(H2,25,26,27,28). The largest absolute Gasteiger partial charge is 0.385 e. The van der Waals surface area contributed by atoms with Crippen LogP contribution in [0.25, 0.3) is 22.3 Å². The first-order valence-corrected chi connectivity index (χ1v) is 9.68. The molecule has 1 unspecified atom stereocenters. The fraction of sp³-hybridized carbons (Fsp3) is 0.174. The molecule has 0 amide bonds. The Labute approximate surface area is 169 Å². The Bertz CT molecular complexity index is 1090. The van der Waals surface area contributed by atoms with Gasteiger partial charge in [0.15, 0.2) is 0 Å². The summed E-state index contributed by atoms with van der Waals surface area (Å²) < 4.78 is 0. The van der Waals surface area contributed by atoms with Crippen LogP contribution in [0, 0.1) is 0 Å². The van der Waals surface area contributed by atoms with Crippen LogP contribution in [0.15, 0.2) is 67.0 Å². The minimum absolute atomic E-state index is 0.129. The Morgan fingerprint density at radius 3 is 2.62 bits per heavy atom. The number of hydrogen-bond acceptors (Lipinski definition) is 5. The second kappa shape index (κ2) is 8.56. The lowest BCUT2D eigenvalue weighted by Gasteiger charge is -2.15. The van der Waals surface area contributed by atoms with Crippen molar-refractivity contribution >= 4 is 28.8 Å². The van der Waals surface area contributed by atoms with Gasteiger partial charge in [-0.05, 0) is 36.2 Å². The number of aromatic nitrogens is 3. The van der Waals surface area contributed by atoms with Gasteiger partial charge >= 0.3 is 0 Å². The third-order valence-corrected chi connectivity index (χ3v) is 4.87. The first kappa shape index (κ1) is 18.7. The molecule has 0 saturated carbocycles. The lowest BCUT2D eigenvalue weighted by atomic mass is 10.1. The third-order valence-electron chi connectivity index (χ3n) is 4.87. The number of nitrogens with zero attached hydrogens (tertiary/aromatic N) is 2. The van der Waals surface area contributed by atoms with Crippen molar-refractivity contribution in [2.24, 2.45) is 0 Å². The number of H-pyrrole nitrogens is 1. The Balaban J connectivity index is 1.56. The summed E-state index contributed by atoms with van der Waals surface area (Å²) in [6, 6.07) is 20.6. The summed E-state index contributed by atoms with van der Waals surface area (Å²) in [5.41, 5.74) is 5.03. The maximum atomic E-state index is 10.4. The van der Waals surface area contributed by atoms with E-state index in [1.165, 1.54) is 5.56 Å². The molecule has 0 radical (unpaired) electrons. The number of carbonyl (C=O) groups is 1. The predicted molar refractivity (Wildman–Crippen MR) is 117 cm³/mol. The summed E-state index contributed by atoms with van der Waals surface area (Å²) in [6.07, 6.45) is 2.99. The first-order valence-electron chi connectivity index (χ1n) is 9.68. The average Bonchev–Trinajstić information content (AvgIpc) is 3.20. The number of anilines is 2. The summed E-state index contributed by atoms with van der Waals surface area (Å²) in [7, 11) is 0. The average molecular weight is 385 g/mol. The number of rotatable bonds is 8. The molecule has 2 heterocycles. The summed E-state index contributed by atoms with van der Waals surface area (Å²) >= 11 is 0. The molecule has 4 aromatic rings. The molecule has 0 saturated heterocycles. The van der Waals surface area contributed by atoms with Crippen LogP contribution in [0.5, 0.6) is 0 Å². The van der Waals surface area contributed by atoms with Gasteiger partial charge in [-0.1, -0.05) is 42.5 Å². The Morgan fingerprint density at radius 1 is 1.07 bits per heavy atom. The molecule has 6 nitrogen and oxygen atoms in total. The zero-order valence-corrected chi connectivity index (χ0v) is 16.2. The monoisotopic (exact) mass is 385 g/mol. The molecule has 0 fully saturated rings. The molecule has 3 N–H and O–H groups in total. The Morgan fingerprint density at radius 2 is 1.86 bits per heavy atom. The maximum absolute atomic E-state index is 10.4. The molecule has 0 aliphatic heterocycles. The van der Waals surface area contributed by atoms with E-state index >= 15 is 0 Å². The van der Waals surface area contributed by atoms with E-state index in [1.54, 1.807) is 6.33 Å². The quantitative estimate of drug-likeness (QED) is 0.300. The number of hydrogen-bond donors (Lipinski definition) is 3. The third kappa shape index (κ3) is 4.27. The van der Waals surface area contributed by atoms with E-state index in [4.69, 9.17) is 0 Å². The molecule has 0 bridgehead atoms. The van der Waals surface area contributed by atoms with Crippen LogP contribution in [0.4, 0.5) is 11.5 Å². The van der Waals surface area contributed by atoms with E-state index < -0.39 is 0 Å². The second-order valence-electron chi connectivity index (χ2n) is 6.90. The molecule has 4 rings (SSSR count). The van der Waals surface area contributed by atoms with Crippen molar-refractivity contribution in [1.29, 1.82) is 0 Å².